The van der Waals surface area contributed by atoms with E-state index in [-0.39, 0.29) is 0 Å². The van der Waals surface area contributed by atoms with Gasteiger partial charge in [0.15, 0.2) is 0 Å². The van der Waals surface area contributed by atoms with Crippen LogP contribution in [0.25, 0.3) is 0 Å². The molecule has 0 aliphatic heterocycles. The van der Waals surface area contributed by atoms with Gasteiger partial charge in [0.2, 0.25) is 0 Å². The second kappa shape index (κ2) is 7.42. The van der Waals surface area contributed by atoms with Gasteiger partial charge in [-0.15, -0.1) is 8.58 Å². The highest BCUT2D eigenvalue weighted by Crippen LogP contribution is 2.60. The average molecular weight is 310 g/mol. The van der Waals surface area contributed by atoms with Gasteiger partial charge < -0.3 is 0 Å². The molecule has 0 heterocycles. The van der Waals surface area contributed by atoms with Crippen molar-refractivity contribution in [3.05, 3.63) is 71.8 Å². The summed E-state index contributed by atoms with van der Waals surface area (Å²) in [5.41, 5.74) is 4.52. The maximum Gasteiger partial charge on any atom is -0.0145 e. The molecule has 2 aromatic rings. The van der Waals surface area contributed by atoms with Crippen molar-refractivity contribution in [2.75, 3.05) is 6.16 Å². The van der Waals surface area contributed by atoms with E-state index in [2.05, 4.69) is 67.6 Å². The lowest BCUT2D eigenvalue weighted by molar-refractivity contribution is 0.507. The number of benzene rings is 2. The molecule has 116 valence electrons. The summed E-state index contributed by atoms with van der Waals surface area (Å²) in [5.74, 6) is 0. The van der Waals surface area contributed by atoms with Crippen molar-refractivity contribution >= 4 is 8.58 Å². The van der Waals surface area contributed by atoms with Crippen molar-refractivity contribution < 1.29 is 0 Å². The fourth-order valence-corrected chi connectivity index (χ4v) is 5.64. The van der Waals surface area contributed by atoms with Crippen molar-refractivity contribution in [1.29, 1.82) is 0 Å². The van der Waals surface area contributed by atoms with Crippen LogP contribution in [0.4, 0.5) is 0 Å². The summed E-state index contributed by atoms with van der Waals surface area (Å²) in [6.07, 6.45) is 8.12. The topological polar surface area (TPSA) is 0 Å². The number of hydrogen-bond acceptors (Lipinski definition) is 0. The third-order valence-electron chi connectivity index (χ3n) is 4.91. The lowest BCUT2D eigenvalue weighted by Gasteiger charge is -2.18. The van der Waals surface area contributed by atoms with Crippen LogP contribution < -0.4 is 0 Å². The zero-order valence-electron chi connectivity index (χ0n) is 13.6. The first-order valence-electron chi connectivity index (χ1n) is 8.64. The second-order valence-electron chi connectivity index (χ2n) is 6.75. The Kier molecular flexibility index (Phi) is 5.32. The molecule has 0 N–H and O–H groups in total. The van der Waals surface area contributed by atoms with E-state index in [1.165, 1.54) is 49.4 Å². The fourth-order valence-electron chi connectivity index (χ4n) is 3.55. The Morgan fingerprint density at radius 2 is 1.45 bits per heavy atom. The standard InChI is InChI=1S/C21H27P/c1-2-3-14-22-20-17-21(20,15-18-10-6-4-7-11-18)16-19-12-8-5-9-13-19/h4-13,20,22H,2-3,14-17H2,1H3. The first-order valence-corrected chi connectivity index (χ1v) is 9.92. The van der Waals surface area contributed by atoms with E-state index in [1.54, 1.807) is 0 Å². The van der Waals surface area contributed by atoms with Crippen molar-refractivity contribution in [3.8, 4) is 0 Å². The van der Waals surface area contributed by atoms with E-state index < -0.39 is 0 Å². The second-order valence-corrected chi connectivity index (χ2v) is 8.36. The van der Waals surface area contributed by atoms with E-state index in [9.17, 15) is 0 Å². The van der Waals surface area contributed by atoms with Crippen molar-refractivity contribution in [2.45, 2.75) is 44.7 Å². The highest BCUT2D eigenvalue weighted by molar-refractivity contribution is 7.39. The van der Waals surface area contributed by atoms with Gasteiger partial charge in [0.1, 0.15) is 0 Å². The third-order valence-corrected chi connectivity index (χ3v) is 6.86. The molecule has 1 aliphatic carbocycles. The molecular formula is C21H27P. The minimum atomic E-state index is 0.537. The first kappa shape index (κ1) is 15.8. The summed E-state index contributed by atoms with van der Waals surface area (Å²) >= 11 is 0. The molecule has 0 aromatic heterocycles. The number of rotatable bonds is 8. The maximum absolute atomic E-state index is 2.30. The maximum atomic E-state index is 2.30. The molecule has 0 saturated heterocycles. The van der Waals surface area contributed by atoms with Crippen LogP contribution in [-0.2, 0) is 12.8 Å². The largest absolute Gasteiger partial charge is 0.118 e. The minimum Gasteiger partial charge on any atom is -0.118 e. The van der Waals surface area contributed by atoms with Gasteiger partial charge in [-0.05, 0) is 54.0 Å². The molecule has 1 saturated carbocycles. The fraction of sp³-hybridized carbons (Fsp3) is 0.429. The van der Waals surface area contributed by atoms with Gasteiger partial charge in [0, 0.05) is 0 Å². The summed E-state index contributed by atoms with van der Waals surface area (Å²) in [6, 6.07) is 22.2. The molecule has 1 heteroatoms. The van der Waals surface area contributed by atoms with Gasteiger partial charge in [0.25, 0.3) is 0 Å². The molecule has 0 bridgehead atoms. The van der Waals surface area contributed by atoms with Crippen LogP contribution in [0, 0.1) is 5.41 Å². The van der Waals surface area contributed by atoms with Crippen LogP contribution in [-0.4, -0.2) is 11.8 Å². The van der Waals surface area contributed by atoms with Crippen LogP contribution in [0.2, 0.25) is 0 Å². The van der Waals surface area contributed by atoms with E-state index in [0.29, 0.717) is 5.41 Å². The predicted molar refractivity (Wildman–Crippen MR) is 99.2 cm³/mol. The normalized spacial score (nSPS) is 19.6. The molecule has 3 rings (SSSR count). The number of unbranched alkanes of at least 4 members (excludes halogenated alkanes) is 1. The van der Waals surface area contributed by atoms with E-state index in [0.717, 1.165) is 14.2 Å². The Hall–Kier alpha value is -1.13. The molecule has 2 atom stereocenters. The van der Waals surface area contributed by atoms with Gasteiger partial charge in [-0.25, -0.2) is 0 Å². The summed E-state index contributed by atoms with van der Waals surface area (Å²) in [6.45, 7) is 2.30. The van der Waals surface area contributed by atoms with E-state index >= 15 is 0 Å². The highest BCUT2D eigenvalue weighted by atomic mass is 31.1. The predicted octanol–water partition coefficient (Wildman–Crippen LogP) is 5.71. The Morgan fingerprint density at radius 1 is 0.909 bits per heavy atom. The summed E-state index contributed by atoms with van der Waals surface area (Å²) in [5, 5.41) is 0. The van der Waals surface area contributed by atoms with Crippen LogP contribution in [0.3, 0.4) is 0 Å². The van der Waals surface area contributed by atoms with E-state index in [1.807, 2.05) is 0 Å². The lowest BCUT2D eigenvalue weighted by Crippen LogP contribution is -2.13. The monoisotopic (exact) mass is 310 g/mol. The van der Waals surface area contributed by atoms with E-state index in [4.69, 9.17) is 0 Å². The average Bonchev–Trinajstić information content (AvgIpc) is 3.21. The Labute approximate surface area is 137 Å². The zero-order valence-corrected chi connectivity index (χ0v) is 14.6. The molecule has 1 fully saturated rings. The molecule has 2 unspecified atom stereocenters. The summed E-state index contributed by atoms with van der Waals surface area (Å²) in [4.78, 5) is 0. The Bertz CT molecular complexity index is 519. The Balaban J connectivity index is 1.69. The molecule has 2 aromatic carbocycles. The van der Waals surface area contributed by atoms with Crippen LogP contribution >= 0.6 is 8.58 Å². The SMILES string of the molecule is CCCCPC1CC1(Cc1ccccc1)Cc1ccccc1. The smallest absolute Gasteiger partial charge is 0.0145 e. The summed E-state index contributed by atoms with van der Waals surface area (Å²) < 4.78 is 0. The number of hydrogen-bond donors (Lipinski definition) is 0. The zero-order chi connectivity index (χ0) is 15.3. The van der Waals surface area contributed by atoms with Crippen LogP contribution in [0.1, 0.15) is 37.3 Å². The molecular weight excluding hydrogens is 283 g/mol. The molecule has 0 amide bonds. The highest BCUT2D eigenvalue weighted by Gasteiger charge is 2.52. The van der Waals surface area contributed by atoms with Crippen molar-refractivity contribution in [3.63, 3.8) is 0 Å². The van der Waals surface area contributed by atoms with Gasteiger partial charge in [0.05, 0.1) is 0 Å². The van der Waals surface area contributed by atoms with Crippen LogP contribution in [0.15, 0.2) is 60.7 Å². The minimum absolute atomic E-state index is 0.537. The van der Waals surface area contributed by atoms with Gasteiger partial charge in [-0.3, -0.25) is 0 Å². The lowest BCUT2D eigenvalue weighted by atomic mass is 9.89. The molecule has 0 nitrogen and oxygen atoms in total. The van der Waals surface area contributed by atoms with Gasteiger partial charge in [-0.2, -0.15) is 0 Å². The summed E-state index contributed by atoms with van der Waals surface area (Å²) in [7, 11) is 1.16. The van der Waals surface area contributed by atoms with Crippen molar-refractivity contribution in [1.82, 2.24) is 0 Å². The van der Waals surface area contributed by atoms with Gasteiger partial charge in [-0.1, -0.05) is 74.0 Å². The van der Waals surface area contributed by atoms with Crippen molar-refractivity contribution in [2.24, 2.45) is 5.41 Å². The van der Waals surface area contributed by atoms with Gasteiger partial charge >= 0.3 is 0 Å². The molecule has 1 aliphatic rings. The third kappa shape index (κ3) is 3.99. The quantitative estimate of drug-likeness (QED) is 0.433. The first-order chi connectivity index (χ1) is 10.8. The molecule has 22 heavy (non-hydrogen) atoms. The van der Waals surface area contributed by atoms with Crippen LogP contribution in [0.5, 0.6) is 0 Å². The molecule has 0 spiro atoms. The Morgan fingerprint density at radius 3 is 1.95 bits per heavy atom. The molecule has 0 radical (unpaired) electrons.